The Kier molecular flexibility index (Phi) is 6.33. The highest BCUT2D eigenvalue weighted by atomic mass is 32.1. The van der Waals surface area contributed by atoms with Crippen LogP contribution in [0.3, 0.4) is 0 Å². The first-order chi connectivity index (χ1) is 13.6. The zero-order valence-corrected chi connectivity index (χ0v) is 17.0. The molecular weight excluding hydrogens is 380 g/mol. The van der Waals surface area contributed by atoms with Gasteiger partial charge in [0, 0.05) is 13.7 Å². The van der Waals surface area contributed by atoms with Crippen LogP contribution in [-0.4, -0.2) is 45.5 Å². The first kappa shape index (κ1) is 19.9. The number of hydrogen-bond donors (Lipinski definition) is 0. The molecule has 28 heavy (non-hydrogen) atoms. The van der Waals surface area contributed by atoms with Crippen LogP contribution in [-0.2, 0) is 11.3 Å². The van der Waals surface area contributed by atoms with Crippen molar-refractivity contribution in [1.82, 2.24) is 4.57 Å². The molecule has 1 heterocycles. The Morgan fingerprint density at radius 2 is 1.71 bits per heavy atom. The minimum absolute atomic E-state index is 0.343. The number of amides is 1. The minimum atomic E-state index is -0.402. The van der Waals surface area contributed by atoms with Crippen LogP contribution in [0.2, 0.25) is 0 Å². The van der Waals surface area contributed by atoms with Gasteiger partial charge in [-0.3, -0.25) is 4.79 Å². The summed E-state index contributed by atoms with van der Waals surface area (Å²) < 4.78 is 24.0. The number of nitrogens with zero attached hydrogens (tertiary/aromatic N) is 2. The molecule has 0 fully saturated rings. The van der Waals surface area contributed by atoms with Gasteiger partial charge in [-0.1, -0.05) is 11.3 Å². The maximum atomic E-state index is 12.9. The molecule has 0 N–H and O–H groups in total. The molecule has 0 saturated carbocycles. The molecule has 148 valence electrons. The largest absolute Gasteiger partial charge is 0.497 e. The molecule has 3 aromatic rings. The second-order valence-electron chi connectivity index (χ2n) is 5.85. The van der Waals surface area contributed by atoms with Gasteiger partial charge in [-0.05, 0) is 36.4 Å². The van der Waals surface area contributed by atoms with E-state index in [0.29, 0.717) is 35.0 Å². The molecule has 1 amide bonds. The van der Waals surface area contributed by atoms with Crippen LogP contribution in [0, 0.1) is 0 Å². The van der Waals surface area contributed by atoms with E-state index in [9.17, 15) is 4.79 Å². The van der Waals surface area contributed by atoms with Gasteiger partial charge >= 0.3 is 0 Å². The van der Waals surface area contributed by atoms with Gasteiger partial charge < -0.3 is 23.5 Å². The number of methoxy groups -OCH3 is 4. The number of benzene rings is 2. The van der Waals surface area contributed by atoms with Crippen LogP contribution in [0.15, 0.2) is 41.4 Å². The molecule has 0 atom stereocenters. The van der Waals surface area contributed by atoms with E-state index < -0.39 is 5.91 Å². The molecule has 0 aliphatic carbocycles. The van der Waals surface area contributed by atoms with E-state index in [2.05, 4.69) is 4.99 Å². The normalized spacial score (nSPS) is 11.6. The number of carbonyl (C=O) groups is 1. The summed E-state index contributed by atoms with van der Waals surface area (Å²) in [4.78, 5) is 17.9. The van der Waals surface area contributed by atoms with Crippen LogP contribution in [0.25, 0.3) is 10.2 Å². The molecule has 0 aliphatic rings. The molecule has 0 aliphatic heterocycles. The molecule has 0 spiro atoms. The molecule has 8 heteroatoms. The van der Waals surface area contributed by atoms with Crippen molar-refractivity contribution in [3.8, 4) is 17.2 Å². The lowest BCUT2D eigenvalue weighted by Crippen LogP contribution is -2.19. The molecular formula is C20H22N2O5S. The van der Waals surface area contributed by atoms with E-state index in [1.807, 2.05) is 22.8 Å². The predicted molar refractivity (Wildman–Crippen MR) is 108 cm³/mol. The van der Waals surface area contributed by atoms with Gasteiger partial charge in [0.2, 0.25) is 0 Å². The monoisotopic (exact) mass is 402 g/mol. The number of thiazole rings is 1. The SMILES string of the molecule is COCCn1c(=NC(=O)c2cc(OC)ccc2OC)sc2cc(OC)ccc21. The highest BCUT2D eigenvalue weighted by Crippen LogP contribution is 2.26. The number of fused-ring (bicyclic) bond motifs is 1. The first-order valence-electron chi connectivity index (χ1n) is 8.58. The summed E-state index contributed by atoms with van der Waals surface area (Å²) in [6.45, 7) is 1.08. The van der Waals surface area contributed by atoms with Gasteiger partial charge in [-0.25, -0.2) is 0 Å². The van der Waals surface area contributed by atoms with Crippen molar-refractivity contribution in [2.75, 3.05) is 35.0 Å². The number of aromatic nitrogens is 1. The molecule has 2 aromatic carbocycles. The molecule has 1 aromatic heterocycles. The smallest absolute Gasteiger partial charge is 0.283 e. The fourth-order valence-corrected chi connectivity index (χ4v) is 3.88. The zero-order valence-electron chi connectivity index (χ0n) is 16.2. The Bertz CT molecular complexity index is 1050. The highest BCUT2D eigenvalue weighted by Gasteiger charge is 2.15. The van der Waals surface area contributed by atoms with Crippen molar-refractivity contribution in [1.29, 1.82) is 0 Å². The Hall–Kier alpha value is -2.84. The van der Waals surface area contributed by atoms with Crippen molar-refractivity contribution in [3.63, 3.8) is 0 Å². The van der Waals surface area contributed by atoms with Gasteiger partial charge in [-0.2, -0.15) is 4.99 Å². The number of carbonyl (C=O) groups excluding carboxylic acids is 1. The lowest BCUT2D eigenvalue weighted by atomic mass is 10.2. The summed E-state index contributed by atoms with van der Waals surface area (Å²) in [7, 11) is 6.33. The summed E-state index contributed by atoms with van der Waals surface area (Å²) in [5.41, 5.74) is 1.31. The van der Waals surface area contributed by atoms with Crippen molar-refractivity contribution in [3.05, 3.63) is 46.8 Å². The van der Waals surface area contributed by atoms with Crippen molar-refractivity contribution < 1.29 is 23.7 Å². The first-order valence-corrected chi connectivity index (χ1v) is 9.40. The maximum absolute atomic E-state index is 12.9. The minimum Gasteiger partial charge on any atom is -0.497 e. The summed E-state index contributed by atoms with van der Waals surface area (Å²) in [5, 5.41) is 0. The highest BCUT2D eigenvalue weighted by molar-refractivity contribution is 7.16. The standard InChI is InChI=1S/C20H22N2O5S/c1-24-10-9-22-16-7-5-14(26-3)12-18(16)28-20(22)21-19(23)15-11-13(25-2)6-8-17(15)27-4/h5-8,11-12H,9-10H2,1-4H3. The third kappa shape index (κ3) is 4.02. The van der Waals surface area contributed by atoms with Gasteiger partial charge in [0.05, 0.1) is 43.7 Å². The summed E-state index contributed by atoms with van der Waals surface area (Å²) in [6.07, 6.45) is 0. The third-order valence-corrected chi connectivity index (χ3v) is 5.28. The maximum Gasteiger partial charge on any atom is 0.283 e. The second-order valence-corrected chi connectivity index (χ2v) is 6.85. The van der Waals surface area contributed by atoms with Crippen LogP contribution in [0.4, 0.5) is 0 Å². The van der Waals surface area contributed by atoms with Gasteiger partial charge in [-0.15, -0.1) is 0 Å². The molecule has 0 saturated heterocycles. The molecule has 7 nitrogen and oxygen atoms in total. The molecule has 0 unspecified atom stereocenters. The third-order valence-electron chi connectivity index (χ3n) is 4.24. The van der Waals surface area contributed by atoms with Crippen LogP contribution >= 0.6 is 11.3 Å². The fourth-order valence-electron chi connectivity index (χ4n) is 2.79. The van der Waals surface area contributed by atoms with Crippen molar-refractivity contribution >= 4 is 27.5 Å². The van der Waals surface area contributed by atoms with Gasteiger partial charge in [0.15, 0.2) is 4.80 Å². The van der Waals surface area contributed by atoms with E-state index in [0.717, 1.165) is 16.0 Å². The predicted octanol–water partition coefficient (Wildman–Crippen LogP) is 3.12. The van der Waals surface area contributed by atoms with E-state index >= 15 is 0 Å². The quantitative estimate of drug-likeness (QED) is 0.607. The summed E-state index contributed by atoms with van der Waals surface area (Å²) >= 11 is 1.42. The van der Waals surface area contributed by atoms with Crippen LogP contribution in [0.1, 0.15) is 10.4 Å². The Balaban J connectivity index is 2.13. The molecule has 0 radical (unpaired) electrons. The van der Waals surface area contributed by atoms with Gasteiger partial charge in [0.25, 0.3) is 5.91 Å². The Morgan fingerprint density at radius 1 is 1.00 bits per heavy atom. The number of rotatable bonds is 7. The molecule has 3 rings (SSSR count). The summed E-state index contributed by atoms with van der Waals surface area (Å²) in [6, 6.07) is 10.8. The van der Waals surface area contributed by atoms with E-state index in [-0.39, 0.29) is 0 Å². The van der Waals surface area contributed by atoms with E-state index in [1.54, 1.807) is 39.5 Å². The zero-order chi connectivity index (χ0) is 20.1. The lowest BCUT2D eigenvalue weighted by molar-refractivity contribution is 0.0994. The summed E-state index contributed by atoms with van der Waals surface area (Å²) in [5.74, 6) is 1.36. The van der Waals surface area contributed by atoms with Crippen molar-refractivity contribution in [2.45, 2.75) is 6.54 Å². The van der Waals surface area contributed by atoms with Crippen molar-refractivity contribution in [2.24, 2.45) is 4.99 Å². The Morgan fingerprint density at radius 3 is 2.39 bits per heavy atom. The molecule has 0 bridgehead atoms. The average molecular weight is 402 g/mol. The number of hydrogen-bond acceptors (Lipinski definition) is 6. The average Bonchev–Trinajstić information content (AvgIpc) is 3.07. The number of ether oxygens (including phenoxy) is 4. The van der Waals surface area contributed by atoms with E-state index in [4.69, 9.17) is 18.9 Å². The topological polar surface area (TPSA) is 71.3 Å². The van der Waals surface area contributed by atoms with E-state index in [1.165, 1.54) is 18.4 Å². The lowest BCUT2D eigenvalue weighted by Gasteiger charge is -2.08. The van der Waals surface area contributed by atoms with Gasteiger partial charge in [0.1, 0.15) is 17.2 Å². The van der Waals surface area contributed by atoms with Crippen LogP contribution in [0.5, 0.6) is 17.2 Å². The Labute approximate surface area is 166 Å². The second kappa shape index (κ2) is 8.90. The fraction of sp³-hybridized carbons (Fsp3) is 0.300. The van der Waals surface area contributed by atoms with Crippen LogP contribution < -0.4 is 19.0 Å².